The molecule has 1 aromatic rings. The van der Waals surface area contributed by atoms with E-state index in [2.05, 4.69) is 10.5 Å². The minimum absolute atomic E-state index is 0.00914. The maximum atomic E-state index is 11.8. The molecule has 1 aromatic carbocycles. The molecule has 1 heterocycles. The number of hydrogen-bond acceptors (Lipinski definition) is 6. The smallest absolute Gasteiger partial charge is 0.363 e. The Kier molecular flexibility index (Phi) is 5.62. The Morgan fingerprint density at radius 1 is 1.45 bits per heavy atom. The summed E-state index contributed by atoms with van der Waals surface area (Å²) in [4.78, 5) is 29.9. The van der Waals surface area contributed by atoms with Crippen molar-refractivity contribution in [2.45, 2.75) is 19.2 Å². The molecular weight excluding hydrogens is 286 g/mol. The van der Waals surface area contributed by atoms with E-state index in [0.717, 1.165) is 6.21 Å². The van der Waals surface area contributed by atoms with Crippen LogP contribution in [0.4, 0.5) is 0 Å². The minimum atomic E-state index is -1.20. The molecule has 118 valence electrons. The number of aliphatic carboxylic acids is 1. The van der Waals surface area contributed by atoms with Crippen molar-refractivity contribution in [3.8, 4) is 0 Å². The number of piperazine rings is 1. The van der Waals surface area contributed by atoms with Gasteiger partial charge in [-0.3, -0.25) is 9.69 Å². The van der Waals surface area contributed by atoms with Gasteiger partial charge in [-0.2, -0.15) is 0 Å². The summed E-state index contributed by atoms with van der Waals surface area (Å²) in [5.41, 5.74) is 0.470. The Morgan fingerprint density at radius 2 is 2.18 bits per heavy atom. The normalized spacial score (nSPS) is 20.7. The summed E-state index contributed by atoms with van der Waals surface area (Å²) in [6.45, 7) is 3.81. The van der Waals surface area contributed by atoms with Crippen molar-refractivity contribution in [2.24, 2.45) is 5.16 Å². The van der Waals surface area contributed by atoms with Crippen LogP contribution in [-0.2, 0) is 9.63 Å². The SMILES string of the molecule is CC1CNCCN1C(ON=CC(=O)c1ccccc1)C(=O)O. The van der Waals surface area contributed by atoms with Gasteiger partial charge in [0, 0.05) is 31.2 Å². The summed E-state index contributed by atoms with van der Waals surface area (Å²) in [7, 11) is 0. The lowest BCUT2D eigenvalue weighted by molar-refractivity contribution is -0.168. The topological polar surface area (TPSA) is 91.2 Å². The van der Waals surface area contributed by atoms with Crippen molar-refractivity contribution in [2.75, 3.05) is 19.6 Å². The van der Waals surface area contributed by atoms with Crippen LogP contribution in [0, 0.1) is 0 Å². The largest absolute Gasteiger partial charge is 0.477 e. The van der Waals surface area contributed by atoms with Gasteiger partial charge in [-0.1, -0.05) is 35.5 Å². The highest BCUT2D eigenvalue weighted by Gasteiger charge is 2.33. The Balaban J connectivity index is 1.98. The van der Waals surface area contributed by atoms with Crippen LogP contribution in [0.2, 0.25) is 0 Å². The molecule has 0 aromatic heterocycles. The molecule has 1 aliphatic rings. The fourth-order valence-electron chi connectivity index (χ4n) is 2.27. The van der Waals surface area contributed by atoms with Gasteiger partial charge in [-0.05, 0) is 6.92 Å². The number of benzene rings is 1. The van der Waals surface area contributed by atoms with E-state index in [0.29, 0.717) is 25.2 Å². The van der Waals surface area contributed by atoms with Crippen LogP contribution >= 0.6 is 0 Å². The first-order valence-electron chi connectivity index (χ1n) is 7.07. The first-order chi connectivity index (χ1) is 10.6. The van der Waals surface area contributed by atoms with Crippen LogP contribution in [0.15, 0.2) is 35.5 Å². The van der Waals surface area contributed by atoms with Crippen molar-refractivity contribution in [3.05, 3.63) is 35.9 Å². The second kappa shape index (κ2) is 7.67. The number of rotatable bonds is 6. The zero-order chi connectivity index (χ0) is 15.9. The number of Topliss-reactive ketones (excluding diaryl/α,β-unsaturated/α-hetero) is 1. The number of carbonyl (C=O) groups is 2. The molecule has 1 aliphatic heterocycles. The van der Waals surface area contributed by atoms with E-state index in [4.69, 9.17) is 4.84 Å². The summed E-state index contributed by atoms with van der Waals surface area (Å²) >= 11 is 0. The fraction of sp³-hybridized carbons (Fsp3) is 0.400. The van der Waals surface area contributed by atoms with Crippen molar-refractivity contribution in [1.82, 2.24) is 10.2 Å². The van der Waals surface area contributed by atoms with Gasteiger partial charge in [-0.25, -0.2) is 4.79 Å². The second-order valence-electron chi connectivity index (χ2n) is 5.05. The Bertz CT molecular complexity index is 547. The Labute approximate surface area is 128 Å². The van der Waals surface area contributed by atoms with Gasteiger partial charge >= 0.3 is 5.97 Å². The van der Waals surface area contributed by atoms with Gasteiger partial charge in [0.25, 0.3) is 6.23 Å². The highest BCUT2D eigenvalue weighted by molar-refractivity contribution is 6.35. The maximum Gasteiger partial charge on any atom is 0.363 e. The number of carbonyl (C=O) groups excluding carboxylic acids is 1. The highest BCUT2D eigenvalue weighted by Crippen LogP contribution is 2.10. The van der Waals surface area contributed by atoms with Crippen molar-refractivity contribution < 1.29 is 19.5 Å². The van der Waals surface area contributed by atoms with E-state index in [1.54, 1.807) is 35.2 Å². The molecule has 2 N–H and O–H groups in total. The van der Waals surface area contributed by atoms with Crippen molar-refractivity contribution in [1.29, 1.82) is 0 Å². The molecule has 1 saturated heterocycles. The molecule has 7 nitrogen and oxygen atoms in total. The molecule has 1 fully saturated rings. The van der Waals surface area contributed by atoms with Gasteiger partial charge in [-0.15, -0.1) is 0 Å². The van der Waals surface area contributed by atoms with Gasteiger partial charge in [0.1, 0.15) is 6.21 Å². The Hall–Kier alpha value is -2.25. The number of nitrogens with one attached hydrogen (secondary N) is 1. The lowest BCUT2D eigenvalue weighted by Crippen LogP contribution is -2.56. The molecule has 0 aliphatic carbocycles. The molecule has 2 unspecified atom stereocenters. The molecule has 7 heteroatoms. The quantitative estimate of drug-likeness (QED) is 0.454. The second-order valence-corrected chi connectivity index (χ2v) is 5.05. The van der Waals surface area contributed by atoms with Crippen LogP contribution in [-0.4, -0.2) is 59.9 Å². The first kappa shape index (κ1) is 16.1. The number of carboxylic acid groups (broad SMARTS) is 1. The lowest BCUT2D eigenvalue weighted by atomic mass is 10.1. The lowest BCUT2D eigenvalue weighted by Gasteiger charge is -2.36. The average molecular weight is 305 g/mol. The van der Waals surface area contributed by atoms with Gasteiger partial charge in [0.15, 0.2) is 0 Å². The molecular formula is C15H19N3O4. The predicted molar refractivity (Wildman–Crippen MR) is 80.8 cm³/mol. The summed E-state index contributed by atoms with van der Waals surface area (Å²) in [6, 6.07) is 8.60. The van der Waals surface area contributed by atoms with E-state index in [-0.39, 0.29) is 11.8 Å². The molecule has 0 bridgehead atoms. The van der Waals surface area contributed by atoms with Crippen molar-refractivity contribution >= 4 is 18.0 Å². The molecule has 0 amide bonds. The summed E-state index contributed by atoms with van der Waals surface area (Å²) in [6.07, 6.45) is -0.199. The third kappa shape index (κ3) is 4.12. The van der Waals surface area contributed by atoms with Crippen LogP contribution in [0.1, 0.15) is 17.3 Å². The van der Waals surface area contributed by atoms with Gasteiger partial charge < -0.3 is 15.3 Å². The maximum absolute atomic E-state index is 11.8. The zero-order valence-corrected chi connectivity index (χ0v) is 12.3. The predicted octanol–water partition coefficient (Wildman–Crippen LogP) is 0.576. The van der Waals surface area contributed by atoms with Crippen molar-refractivity contribution in [3.63, 3.8) is 0 Å². The van der Waals surface area contributed by atoms with E-state index in [9.17, 15) is 14.7 Å². The summed E-state index contributed by atoms with van der Waals surface area (Å²) < 4.78 is 0. The molecule has 2 rings (SSSR count). The zero-order valence-electron chi connectivity index (χ0n) is 12.3. The highest BCUT2D eigenvalue weighted by atomic mass is 16.7. The fourth-order valence-corrected chi connectivity index (χ4v) is 2.27. The number of carboxylic acids is 1. The van der Waals surface area contributed by atoms with Crippen LogP contribution in [0.25, 0.3) is 0 Å². The van der Waals surface area contributed by atoms with Gasteiger partial charge in [0.2, 0.25) is 5.78 Å². The standard InChI is InChI=1S/C15H19N3O4/c1-11-9-16-7-8-18(11)14(15(20)21)22-17-10-13(19)12-5-3-2-4-6-12/h2-6,10-11,14,16H,7-9H2,1H3,(H,20,21). The molecule has 2 atom stereocenters. The molecule has 0 saturated carbocycles. The number of hydrogen-bond donors (Lipinski definition) is 2. The Morgan fingerprint density at radius 3 is 2.82 bits per heavy atom. The number of nitrogens with zero attached hydrogens (tertiary/aromatic N) is 2. The van der Waals surface area contributed by atoms with Crippen LogP contribution in [0.5, 0.6) is 0 Å². The minimum Gasteiger partial charge on any atom is -0.477 e. The molecule has 0 radical (unpaired) electrons. The van der Waals surface area contributed by atoms with E-state index in [1.165, 1.54) is 0 Å². The summed E-state index contributed by atoms with van der Waals surface area (Å²) in [5.74, 6) is -1.46. The van der Waals surface area contributed by atoms with E-state index >= 15 is 0 Å². The third-order valence-electron chi connectivity index (χ3n) is 3.45. The molecule has 0 spiro atoms. The first-order valence-corrected chi connectivity index (χ1v) is 7.07. The van der Waals surface area contributed by atoms with Crippen LogP contribution < -0.4 is 5.32 Å². The van der Waals surface area contributed by atoms with Crippen LogP contribution in [0.3, 0.4) is 0 Å². The molecule has 22 heavy (non-hydrogen) atoms. The van der Waals surface area contributed by atoms with Gasteiger partial charge in [0.05, 0.1) is 0 Å². The average Bonchev–Trinajstić information content (AvgIpc) is 2.53. The summed E-state index contributed by atoms with van der Waals surface area (Å²) in [5, 5.41) is 16.0. The monoisotopic (exact) mass is 305 g/mol. The van der Waals surface area contributed by atoms with E-state index in [1.807, 2.05) is 6.92 Å². The number of oxime groups is 1. The van der Waals surface area contributed by atoms with E-state index < -0.39 is 12.2 Å². The third-order valence-corrected chi connectivity index (χ3v) is 3.45. The number of ketones is 1.